The van der Waals surface area contributed by atoms with Crippen molar-refractivity contribution in [2.24, 2.45) is 0 Å². The van der Waals surface area contributed by atoms with Crippen molar-refractivity contribution in [1.29, 1.82) is 0 Å². The molecule has 0 amide bonds. The molecule has 0 saturated carbocycles. The van der Waals surface area contributed by atoms with E-state index in [0.29, 0.717) is 11.8 Å². The first kappa shape index (κ1) is 12.3. The van der Waals surface area contributed by atoms with E-state index in [4.69, 9.17) is 5.73 Å². The first-order valence-corrected chi connectivity index (χ1v) is 6.23. The minimum Gasteiger partial charge on any atom is -0.368 e. The van der Waals surface area contributed by atoms with Gasteiger partial charge in [0.25, 0.3) is 5.95 Å². The Labute approximate surface area is 116 Å². The SMILES string of the molecule is Cc1ccc(-c2nc(N)nc(-n3cccn3)n2)c(C)c1. The summed E-state index contributed by atoms with van der Waals surface area (Å²) in [5, 5.41) is 4.11. The predicted octanol–water partition coefficient (Wildman–Crippen LogP) is 1.92. The standard InChI is InChI=1S/C14H14N6/c1-9-4-5-11(10(2)8-9)12-17-13(15)19-14(18-12)20-7-3-6-16-20/h3-8H,1-2H3,(H2,15,17,18,19). The molecular weight excluding hydrogens is 252 g/mol. The first-order valence-electron chi connectivity index (χ1n) is 6.23. The van der Waals surface area contributed by atoms with E-state index >= 15 is 0 Å². The minimum absolute atomic E-state index is 0.181. The van der Waals surface area contributed by atoms with Crippen LogP contribution in [0.5, 0.6) is 0 Å². The van der Waals surface area contributed by atoms with Gasteiger partial charge in [0.15, 0.2) is 5.82 Å². The second kappa shape index (κ2) is 4.73. The van der Waals surface area contributed by atoms with Crippen molar-refractivity contribution in [3.63, 3.8) is 0 Å². The molecule has 0 radical (unpaired) electrons. The Balaban J connectivity index is 2.14. The summed E-state index contributed by atoms with van der Waals surface area (Å²) >= 11 is 0. The van der Waals surface area contributed by atoms with Crippen LogP contribution in [-0.2, 0) is 0 Å². The third-order valence-corrected chi connectivity index (χ3v) is 2.97. The van der Waals surface area contributed by atoms with Crippen molar-refractivity contribution in [3.05, 3.63) is 47.8 Å². The number of hydrogen-bond donors (Lipinski definition) is 1. The highest BCUT2D eigenvalue weighted by molar-refractivity contribution is 5.61. The number of nitrogens with zero attached hydrogens (tertiary/aromatic N) is 5. The third-order valence-electron chi connectivity index (χ3n) is 2.97. The molecule has 0 aliphatic carbocycles. The van der Waals surface area contributed by atoms with Gasteiger partial charge in [0.05, 0.1) is 0 Å². The molecule has 0 aliphatic heterocycles. The largest absolute Gasteiger partial charge is 0.368 e. The smallest absolute Gasteiger partial charge is 0.255 e. The molecule has 2 N–H and O–H groups in total. The monoisotopic (exact) mass is 266 g/mol. The normalized spacial score (nSPS) is 10.7. The fourth-order valence-corrected chi connectivity index (χ4v) is 2.06. The van der Waals surface area contributed by atoms with Gasteiger partial charge in [-0.1, -0.05) is 23.8 Å². The average Bonchev–Trinajstić information content (AvgIpc) is 2.91. The summed E-state index contributed by atoms with van der Waals surface area (Å²) in [7, 11) is 0. The van der Waals surface area contributed by atoms with E-state index in [9.17, 15) is 0 Å². The lowest BCUT2D eigenvalue weighted by Crippen LogP contribution is -2.08. The third kappa shape index (κ3) is 2.23. The van der Waals surface area contributed by atoms with Gasteiger partial charge in [-0.2, -0.15) is 20.1 Å². The average molecular weight is 266 g/mol. The van der Waals surface area contributed by atoms with Crippen LogP contribution in [0.4, 0.5) is 5.95 Å². The van der Waals surface area contributed by atoms with Crippen LogP contribution >= 0.6 is 0 Å². The lowest BCUT2D eigenvalue weighted by Gasteiger charge is -2.08. The molecule has 2 heterocycles. The highest BCUT2D eigenvalue weighted by Gasteiger charge is 2.10. The van der Waals surface area contributed by atoms with Crippen molar-refractivity contribution in [3.8, 4) is 17.3 Å². The molecule has 0 spiro atoms. The molecular formula is C14H14N6. The van der Waals surface area contributed by atoms with E-state index in [0.717, 1.165) is 11.1 Å². The van der Waals surface area contributed by atoms with Gasteiger partial charge in [-0.25, -0.2) is 4.68 Å². The van der Waals surface area contributed by atoms with Crippen LogP contribution < -0.4 is 5.73 Å². The molecule has 3 rings (SSSR count). The lowest BCUT2D eigenvalue weighted by molar-refractivity contribution is 0.801. The number of benzene rings is 1. The van der Waals surface area contributed by atoms with Crippen molar-refractivity contribution >= 4 is 5.95 Å². The number of aryl methyl sites for hydroxylation is 2. The summed E-state index contributed by atoms with van der Waals surface area (Å²) in [6.45, 7) is 4.07. The highest BCUT2D eigenvalue weighted by Crippen LogP contribution is 2.21. The Morgan fingerprint density at radius 2 is 1.95 bits per heavy atom. The summed E-state index contributed by atoms with van der Waals surface area (Å²) < 4.78 is 1.56. The Morgan fingerprint density at radius 1 is 1.10 bits per heavy atom. The van der Waals surface area contributed by atoms with Gasteiger partial charge < -0.3 is 5.73 Å². The molecule has 1 aromatic carbocycles. The lowest BCUT2D eigenvalue weighted by atomic mass is 10.1. The molecule has 2 aromatic heterocycles. The second-order valence-corrected chi connectivity index (χ2v) is 4.59. The molecule has 6 heteroatoms. The summed E-state index contributed by atoms with van der Waals surface area (Å²) in [4.78, 5) is 12.8. The van der Waals surface area contributed by atoms with E-state index in [1.54, 1.807) is 23.1 Å². The summed E-state index contributed by atoms with van der Waals surface area (Å²) in [5.74, 6) is 1.15. The molecule has 3 aromatic rings. The van der Waals surface area contributed by atoms with E-state index < -0.39 is 0 Å². The van der Waals surface area contributed by atoms with Crippen LogP contribution in [0.2, 0.25) is 0 Å². The number of nitrogens with two attached hydrogens (primary N) is 1. The molecule has 20 heavy (non-hydrogen) atoms. The van der Waals surface area contributed by atoms with Gasteiger partial charge in [0.1, 0.15) is 0 Å². The summed E-state index contributed by atoms with van der Waals surface area (Å²) in [5.41, 5.74) is 9.02. The Kier molecular flexibility index (Phi) is 2.90. The van der Waals surface area contributed by atoms with Gasteiger partial charge in [-0.15, -0.1) is 0 Å². The van der Waals surface area contributed by atoms with E-state index in [1.165, 1.54) is 5.56 Å². The number of nitrogen functional groups attached to an aromatic ring is 1. The number of aromatic nitrogens is 5. The fraction of sp³-hybridized carbons (Fsp3) is 0.143. The van der Waals surface area contributed by atoms with Crippen molar-refractivity contribution < 1.29 is 0 Å². The molecule has 0 unspecified atom stereocenters. The van der Waals surface area contributed by atoms with E-state index in [2.05, 4.69) is 26.1 Å². The van der Waals surface area contributed by atoms with Gasteiger partial charge in [0.2, 0.25) is 5.95 Å². The molecule has 0 aliphatic rings. The van der Waals surface area contributed by atoms with Crippen LogP contribution in [0.1, 0.15) is 11.1 Å². The quantitative estimate of drug-likeness (QED) is 0.766. The van der Waals surface area contributed by atoms with Crippen LogP contribution in [0.25, 0.3) is 17.3 Å². The van der Waals surface area contributed by atoms with Gasteiger partial charge in [-0.3, -0.25) is 0 Å². The van der Waals surface area contributed by atoms with Gasteiger partial charge in [0, 0.05) is 18.0 Å². The minimum atomic E-state index is 0.181. The van der Waals surface area contributed by atoms with Crippen molar-refractivity contribution in [2.45, 2.75) is 13.8 Å². The maximum Gasteiger partial charge on any atom is 0.255 e. The van der Waals surface area contributed by atoms with Gasteiger partial charge in [-0.05, 0) is 25.5 Å². The zero-order valence-corrected chi connectivity index (χ0v) is 11.3. The Bertz CT molecular complexity index is 748. The van der Waals surface area contributed by atoms with Crippen LogP contribution in [-0.4, -0.2) is 24.7 Å². The van der Waals surface area contributed by atoms with Gasteiger partial charge >= 0.3 is 0 Å². The summed E-state index contributed by atoms with van der Waals surface area (Å²) in [6.07, 6.45) is 3.43. The van der Waals surface area contributed by atoms with Crippen LogP contribution in [0.15, 0.2) is 36.7 Å². The molecule has 0 fully saturated rings. The fourth-order valence-electron chi connectivity index (χ4n) is 2.06. The number of hydrogen-bond acceptors (Lipinski definition) is 5. The van der Waals surface area contributed by atoms with E-state index in [-0.39, 0.29) is 5.95 Å². The van der Waals surface area contributed by atoms with Crippen molar-refractivity contribution in [1.82, 2.24) is 24.7 Å². The maximum atomic E-state index is 5.78. The molecule has 0 saturated heterocycles. The Morgan fingerprint density at radius 3 is 2.65 bits per heavy atom. The number of rotatable bonds is 2. The molecule has 0 bridgehead atoms. The van der Waals surface area contributed by atoms with Crippen LogP contribution in [0.3, 0.4) is 0 Å². The zero-order valence-electron chi connectivity index (χ0n) is 11.3. The topological polar surface area (TPSA) is 82.5 Å². The molecule has 0 atom stereocenters. The predicted molar refractivity (Wildman–Crippen MR) is 76.3 cm³/mol. The number of anilines is 1. The van der Waals surface area contributed by atoms with Crippen molar-refractivity contribution in [2.75, 3.05) is 5.73 Å². The zero-order chi connectivity index (χ0) is 14.1. The second-order valence-electron chi connectivity index (χ2n) is 4.59. The summed E-state index contributed by atoms with van der Waals surface area (Å²) in [6, 6.07) is 7.90. The first-order chi connectivity index (χ1) is 9.63. The molecule has 100 valence electrons. The van der Waals surface area contributed by atoms with E-state index in [1.807, 2.05) is 26.0 Å². The maximum absolute atomic E-state index is 5.78. The van der Waals surface area contributed by atoms with Crippen LogP contribution in [0, 0.1) is 13.8 Å². The Hall–Kier alpha value is -2.76. The molecule has 6 nitrogen and oxygen atoms in total. The highest BCUT2D eigenvalue weighted by atomic mass is 15.4.